The molecule has 2 saturated carbocycles. The lowest BCUT2D eigenvalue weighted by Crippen LogP contribution is -2.65. The van der Waals surface area contributed by atoms with Crippen molar-refractivity contribution in [2.45, 2.75) is 50.3 Å². The number of phenolic OH excluding ortho intramolecular Hbond substituents is 1. The van der Waals surface area contributed by atoms with Gasteiger partial charge in [0, 0.05) is 36.1 Å². The Labute approximate surface area is 236 Å². The number of amides is 1. The Morgan fingerprint density at radius 3 is 2.42 bits per heavy atom. The molecule has 1 aromatic rings. The largest absolute Gasteiger partial charge is 0.508 e. The van der Waals surface area contributed by atoms with Crippen molar-refractivity contribution in [3.63, 3.8) is 0 Å². The number of likely N-dealkylation sites (N-methyl/N-ethyl adjacent to an activating group) is 1. The highest BCUT2D eigenvalue weighted by atomic mass is 35.5. The number of hydrogen-bond acceptors (Lipinski definition) is 9. The van der Waals surface area contributed by atoms with Crippen molar-refractivity contribution in [1.29, 1.82) is 0 Å². The van der Waals surface area contributed by atoms with Crippen LogP contribution in [0.25, 0.3) is 5.76 Å². The van der Waals surface area contributed by atoms with Gasteiger partial charge in [0.25, 0.3) is 5.91 Å². The van der Waals surface area contributed by atoms with Crippen molar-refractivity contribution in [3.05, 3.63) is 44.7 Å². The number of aromatic hydroxyl groups is 1. The van der Waals surface area contributed by atoms with Gasteiger partial charge in [-0.15, -0.1) is 0 Å². The number of halogens is 1. The molecule has 6 atom stereocenters. The van der Waals surface area contributed by atoms with Crippen molar-refractivity contribution >= 4 is 34.8 Å². The highest BCUT2D eigenvalue weighted by Crippen LogP contribution is 2.54. The van der Waals surface area contributed by atoms with Crippen LogP contribution in [0, 0.1) is 23.7 Å². The lowest BCUT2D eigenvalue weighted by atomic mass is 9.57. The molecule has 1 heterocycles. The molecule has 1 aromatic carbocycles. The minimum Gasteiger partial charge on any atom is -0.508 e. The van der Waals surface area contributed by atoms with Crippen LogP contribution in [-0.4, -0.2) is 86.5 Å². The van der Waals surface area contributed by atoms with E-state index in [2.05, 4.69) is 4.90 Å². The summed E-state index contributed by atoms with van der Waals surface area (Å²) in [6, 6.07) is 0.392. The van der Waals surface area contributed by atoms with Gasteiger partial charge in [0.1, 0.15) is 22.8 Å². The molecule has 6 N–H and O–H groups in total. The first-order valence-corrected chi connectivity index (χ1v) is 14.1. The average Bonchev–Trinajstić information content (AvgIpc) is 3.46. The number of fused-ring (bicyclic) bond motifs is 4. The fourth-order valence-electron chi connectivity index (χ4n) is 8.16. The number of benzene rings is 1. The summed E-state index contributed by atoms with van der Waals surface area (Å²) in [5.74, 6) is -5.33. The second-order valence-electron chi connectivity index (χ2n) is 12.3. The van der Waals surface area contributed by atoms with Gasteiger partial charge in [-0.05, 0) is 74.7 Å². The Hall–Kier alpha value is -2.92. The van der Waals surface area contributed by atoms with Crippen molar-refractivity contribution in [2.75, 3.05) is 27.2 Å². The second kappa shape index (κ2) is 9.30. The molecule has 40 heavy (non-hydrogen) atoms. The molecule has 214 valence electrons. The molecule has 4 aliphatic carbocycles. The van der Waals surface area contributed by atoms with Gasteiger partial charge in [0.2, 0.25) is 5.78 Å². The van der Waals surface area contributed by atoms with E-state index in [9.17, 15) is 34.8 Å². The standard InChI is InChI=1S/C29H34ClN3O7/c1-32(2)23-17-7-14-6-16-20(18(34)8-15(22(16)30)11-33-9-12-4-3-5-13(12)10-33)24(35)19(14)26(37)29(17,40)27(38)21(25(23)36)28(31)39/h8,12-14,17,23,34-35,38,40H,3-7,9-11H2,1-2H3,(H2,31,39)/t12?,13?,14-,17-,23-,29-/m0/s1. The number of ketones is 2. The van der Waals surface area contributed by atoms with E-state index in [4.69, 9.17) is 17.3 Å². The predicted molar refractivity (Wildman–Crippen MR) is 145 cm³/mol. The summed E-state index contributed by atoms with van der Waals surface area (Å²) in [5, 5.41) is 45.4. The number of primary amides is 1. The number of phenols is 1. The fourth-order valence-corrected chi connectivity index (χ4v) is 8.45. The molecular weight excluding hydrogens is 538 g/mol. The Balaban J connectivity index is 1.42. The summed E-state index contributed by atoms with van der Waals surface area (Å²) in [7, 11) is 3.14. The molecule has 11 heteroatoms. The summed E-state index contributed by atoms with van der Waals surface area (Å²) in [4.78, 5) is 43.1. The first-order chi connectivity index (χ1) is 18.9. The van der Waals surface area contributed by atoms with Crippen LogP contribution >= 0.6 is 11.6 Å². The Kier molecular flexibility index (Phi) is 6.34. The Bertz CT molecular complexity index is 1410. The summed E-state index contributed by atoms with van der Waals surface area (Å²) in [6.07, 6.45) is 3.95. The molecule has 1 saturated heterocycles. The molecule has 10 nitrogen and oxygen atoms in total. The predicted octanol–water partition coefficient (Wildman–Crippen LogP) is 1.85. The first-order valence-electron chi connectivity index (χ1n) is 13.8. The highest BCUT2D eigenvalue weighted by molar-refractivity contribution is 6.32. The maximum atomic E-state index is 13.9. The van der Waals surface area contributed by atoms with Crippen molar-refractivity contribution < 1.29 is 34.8 Å². The van der Waals surface area contributed by atoms with Crippen LogP contribution in [0.2, 0.25) is 5.02 Å². The molecule has 0 aromatic heterocycles. The van der Waals surface area contributed by atoms with Crippen LogP contribution in [0.4, 0.5) is 0 Å². The third-order valence-electron chi connectivity index (χ3n) is 9.92. The minimum atomic E-state index is -2.66. The summed E-state index contributed by atoms with van der Waals surface area (Å²) in [6.45, 7) is 2.52. The van der Waals surface area contributed by atoms with Gasteiger partial charge in [-0.2, -0.15) is 0 Å². The van der Waals surface area contributed by atoms with Crippen LogP contribution in [0.3, 0.4) is 0 Å². The van der Waals surface area contributed by atoms with Crippen LogP contribution in [0.5, 0.6) is 5.75 Å². The molecular formula is C29H34ClN3O7. The minimum absolute atomic E-state index is 0.0170. The maximum absolute atomic E-state index is 13.9. The SMILES string of the molecule is CN(C)[C@@H]1C(=O)C(C(N)=O)=C(O)[C@@]2(O)C(=O)C3=C(O)c4c(O)cc(CN5CC6CCCC6C5)c(Cl)c4C[C@H]3C[C@@H]12. The Morgan fingerprint density at radius 1 is 1.18 bits per heavy atom. The van der Waals surface area contributed by atoms with E-state index >= 15 is 0 Å². The van der Waals surface area contributed by atoms with Gasteiger partial charge in [-0.1, -0.05) is 18.0 Å². The number of Topliss-reactive ketones (excluding diaryl/α,β-unsaturated/α-hetero) is 2. The lowest BCUT2D eigenvalue weighted by molar-refractivity contribution is -0.153. The zero-order chi connectivity index (χ0) is 28.8. The quantitative estimate of drug-likeness (QED) is 0.339. The van der Waals surface area contributed by atoms with Gasteiger partial charge in [-0.25, -0.2) is 0 Å². The summed E-state index contributed by atoms with van der Waals surface area (Å²) < 4.78 is 0. The maximum Gasteiger partial charge on any atom is 0.255 e. The van der Waals surface area contributed by atoms with Crippen LogP contribution < -0.4 is 5.73 Å². The van der Waals surface area contributed by atoms with Crippen LogP contribution in [0.15, 0.2) is 23.0 Å². The number of carbonyl (C=O) groups is 3. The topological polar surface area (TPSA) is 165 Å². The zero-order valence-corrected chi connectivity index (χ0v) is 23.2. The molecule has 1 aliphatic heterocycles. The second-order valence-corrected chi connectivity index (χ2v) is 12.7. The first kappa shape index (κ1) is 27.3. The van der Waals surface area contributed by atoms with Gasteiger partial charge in [-0.3, -0.25) is 24.2 Å². The molecule has 5 aliphatic rings. The summed E-state index contributed by atoms with van der Waals surface area (Å²) in [5.41, 5.74) is 2.95. The zero-order valence-electron chi connectivity index (χ0n) is 22.5. The molecule has 0 radical (unpaired) electrons. The molecule has 0 bridgehead atoms. The van der Waals surface area contributed by atoms with E-state index in [-0.39, 0.29) is 29.7 Å². The number of aliphatic hydroxyl groups is 3. The molecule has 3 fully saturated rings. The van der Waals surface area contributed by atoms with E-state index in [0.717, 1.165) is 18.7 Å². The van der Waals surface area contributed by atoms with Gasteiger partial charge < -0.3 is 26.2 Å². The van der Waals surface area contributed by atoms with Gasteiger partial charge >= 0.3 is 0 Å². The van der Waals surface area contributed by atoms with E-state index < -0.39 is 58.0 Å². The van der Waals surface area contributed by atoms with Crippen molar-refractivity contribution in [3.8, 4) is 5.75 Å². The third-order valence-corrected chi connectivity index (χ3v) is 10.4. The Morgan fingerprint density at radius 2 is 1.82 bits per heavy atom. The normalized spacial score (nSPS) is 33.8. The third kappa shape index (κ3) is 3.69. The molecule has 1 amide bonds. The number of likely N-dealkylation sites (tertiary alicyclic amines) is 1. The fraction of sp³-hybridized carbons (Fsp3) is 0.552. The van der Waals surface area contributed by atoms with Gasteiger partial charge in [0.05, 0.1) is 11.6 Å². The molecule has 0 spiro atoms. The monoisotopic (exact) mass is 571 g/mol. The van der Waals surface area contributed by atoms with Gasteiger partial charge in [0.15, 0.2) is 11.4 Å². The molecule has 2 unspecified atom stereocenters. The van der Waals surface area contributed by atoms with Crippen molar-refractivity contribution in [1.82, 2.24) is 9.80 Å². The number of nitrogens with zero attached hydrogens (tertiary/aromatic N) is 2. The lowest BCUT2D eigenvalue weighted by Gasteiger charge is -2.50. The number of aliphatic hydroxyl groups excluding tert-OH is 2. The smallest absolute Gasteiger partial charge is 0.255 e. The number of hydrogen-bond donors (Lipinski definition) is 5. The van der Waals surface area contributed by atoms with E-state index in [1.54, 1.807) is 14.1 Å². The van der Waals surface area contributed by atoms with E-state index in [1.807, 2.05) is 0 Å². The number of nitrogens with two attached hydrogens (primary N) is 1. The van der Waals surface area contributed by atoms with Crippen LogP contribution in [0.1, 0.15) is 42.4 Å². The van der Waals surface area contributed by atoms with E-state index in [0.29, 0.717) is 29.0 Å². The number of carbonyl (C=O) groups excluding carboxylic acids is 3. The highest BCUT2D eigenvalue weighted by Gasteiger charge is 2.64. The van der Waals surface area contributed by atoms with Crippen molar-refractivity contribution in [2.24, 2.45) is 29.4 Å². The number of rotatable bonds is 4. The summed E-state index contributed by atoms with van der Waals surface area (Å²) >= 11 is 6.91. The van der Waals surface area contributed by atoms with E-state index in [1.165, 1.54) is 30.2 Å². The average molecular weight is 572 g/mol. The van der Waals surface area contributed by atoms with Crippen LogP contribution in [-0.2, 0) is 27.3 Å². The molecule has 6 rings (SSSR count).